The Bertz CT molecular complexity index is 1090. The van der Waals surface area contributed by atoms with Crippen LogP contribution in [-0.4, -0.2) is 62.5 Å². The first kappa shape index (κ1) is 26.3. The van der Waals surface area contributed by atoms with Crippen LogP contribution in [0, 0.1) is 6.92 Å². The van der Waals surface area contributed by atoms with Crippen LogP contribution in [0.1, 0.15) is 70.2 Å². The fourth-order valence-electron chi connectivity index (χ4n) is 4.40. The van der Waals surface area contributed by atoms with Crippen LogP contribution in [0.25, 0.3) is 5.95 Å². The molecule has 0 bridgehead atoms. The van der Waals surface area contributed by atoms with Crippen LogP contribution in [0.2, 0.25) is 0 Å². The number of hydrogen-bond acceptors (Lipinski definition) is 6. The predicted octanol–water partition coefficient (Wildman–Crippen LogP) is 5.43. The van der Waals surface area contributed by atoms with E-state index in [4.69, 9.17) is 9.47 Å². The van der Waals surface area contributed by atoms with Crippen molar-refractivity contribution in [3.8, 4) is 5.95 Å². The Morgan fingerprint density at radius 3 is 2.44 bits per heavy atom. The number of amides is 1. The quantitative estimate of drug-likeness (QED) is 0.507. The van der Waals surface area contributed by atoms with Crippen LogP contribution in [0.4, 0.5) is 28.2 Å². The van der Waals surface area contributed by atoms with Gasteiger partial charge < -0.3 is 9.47 Å². The number of alkyl halides is 4. The third-order valence-corrected chi connectivity index (χ3v) is 6.27. The number of nitrogens with zero attached hydrogens (tertiary/aromatic N) is 5. The first-order valence-electron chi connectivity index (χ1n) is 12.0. The molecule has 0 aromatic carbocycles. The summed E-state index contributed by atoms with van der Waals surface area (Å²) in [6.07, 6.45) is -0.497. The van der Waals surface area contributed by atoms with Crippen molar-refractivity contribution in [2.75, 3.05) is 18.1 Å². The third kappa shape index (κ3) is 5.96. The maximum atomic E-state index is 14.9. The standard InChI is InChI=1S/C24H31F4N5O3/c1-15-7-11-32(31-15)20-29-18(17-14-35-12-10-24(17,27)28)13-19(30-20)33(21(34)36-22(2,3)4)16-5-8-23(25,26)9-6-16/h7,11,13,16-17H,5-6,8-10,12,14H2,1-4H3. The van der Waals surface area contributed by atoms with Crippen molar-refractivity contribution in [1.29, 1.82) is 0 Å². The molecule has 2 aliphatic rings. The summed E-state index contributed by atoms with van der Waals surface area (Å²) in [5.41, 5.74) is -0.256. The van der Waals surface area contributed by atoms with E-state index in [0.717, 1.165) is 0 Å². The number of rotatable bonds is 4. The van der Waals surface area contributed by atoms with Gasteiger partial charge in [0.2, 0.25) is 5.92 Å². The molecule has 198 valence electrons. The second-order valence-electron chi connectivity index (χ2n) is 10.4. The zero-order valence-corrected chi connectivity index (χ0v) is 20.8. The molecule has 1 amide bonds. The highest BCUT2D eigenvalue weighted by atomic mass is 19.3. The summed E-state index contributed by atoms with van der Waals surface area (Å²) in [6, 6.07) is 2.35. The number of carbonyl (C=O) groups is 1. The average Bonchev–Trinajstić information content (AvgIpc) is 3.20. The topological polar surface area (TPSA) is 82.4 Å². The minimum absolute atomic E-state index is 0.00445. The van der Waals surface area contributed by atoms with E-state index in [1.807, 2.05) is 0 Å². The Kier molecular flexibility index (Phi) is 7.02. The lowest BCUT2D eigenvalue weighted by Gasteiger charge is -2.37. The Balaban J connectivity index is 1.82. The van der Waals surface area contributed by atoms with Crippen molar-refractivity contribution < 1.29 is 31.8 Å². The Morgan fingerprint density at radius 2 is 1.86 bits per heavy atom. The second kappa shape index (κ2) is 9.60. The van der Waals surface area contributed by atoms with E-state index in [1.54, 1.807) is 40.0 Å². The normalized spacial score (nSPS) is 22.3. The van der Waals surface area contributed by atoms with Gasteiger partial charge >= 0.3 is 6.09 Å². The highest BCUT2D eigenvalue weighted by Gasteiger charge is 2.45. The van der Waals surface area contributed by atoms with E-state index < -0.39 is 54.8 Å². The average molecular weight is 514 g/mol. The first-order valence-corrected chi connectivity index (χ1v) is 12.0. The maximum absolute atomic E-state index is 14.9. The summed E-state index contributed by atoms with van der Waals surface area (Å²) in [4.78, 5) is 23.4. The van der Waals surface area contributed by atoms with Crippen LogP contribution in [0.3, 0.4) is 0 Å². The van der Waals surface area contributed by atoms with Gasteiger partial charge in [-0.05, 0) is 46.6 Å². The number of anilines is 1. The van der Waals surface area contributed by atoms with Crippen LogP contribution in [0.15, 0.2) is 18.3 Å². The van der Waals surface area contributed by atoms with Crippen LogP contribution in [-0.2, 0) is 9.47 Å². The maximum Gasteiger partial charge on any atom is 0.416 e. The number of halogens is 4. The fourth-order valence-corrected chi connectivity index (χ4v) is 4.40. The van der Waals surface area contributed by atoms with Crippen molar-refractivity contribution in [1.82, 2.24) is 19.7 Å². The molecule has 1 aliphatic heterocycles. The SMILES string of the molecule is Cc1ccn(-c2nc(C3COCCC3(F)F)cc(N(C(=O)OC(C)(C)C)C3CCC(F)(F)CC3)n2)n1. The molecule has 2 fully saturated rings. The summed E-state index contributed by atoms with van der Waals surface area (Å²) in [6.45, 7) is 6.46. The van der Waals surface area contributed by atoms with Gasteiger partial charge in [0.15, 0.2) is 0 Å². The van der Waals surface area contributed by atoms with Gasteiger partial charge in [0.25, 0.3) is 11.9 Å². The minimum Gasteiger partial charge on any atom is -0.443 e. The second-order valence-corrected chi connectivity index (χ2v) is 10.4. The number of ether oxygens (including phenoxy) is 2. The third-order valence-electron chi connectivity index (χ3n) is 6.27. The van der Waals surface area contributed by atoms with Gasteiger partial charge in [-0.3, -0.25) is 4.90 Å². The van der Waals surface area contributed by atoms with Crippen molar-refractivity contribution in [3.63, 3.8) is 0 Å². The van der Waals surface area contributed by atoms with Crippen molar-refractivity contribution in [2.45, 2.75) is 89.2 Å². The monoisotopic (exact) mass is 513 g/mol. The van der Waals surface area contributed by atoms with Gasteiger partial charge in [0, 0.05) is 37.6 Å². The molecular weight excluding hydrogens is 482 g/mol. The number of aromatic nitrogens is 4. The summed E-state index contributed by atoms with van der Waals surface area (Å²) in [7, 11) is 0. The Hall–Kier alpha value is -2.76. The predicted molar refractivity (Wildman–Crippen MR) is 123 cm³/mol. The molecule has 0 spiro atoms. The van der Waals surface area contributed by atoms with Gasteiger partial charge in [-0.1, -0.05) is 0 Å². The number of aryl methyl sites for hydroxylation is 1. The van der Waals surface area contributed by atoms with E-state index >= 15 is 0 Å². The summed E-state index contributed by atoms with van der Waals surface area (Å²) < 4.78 is 69.9. The molecule has 0 N–H and O–H groups in total. The van der Waals surface area contributed by atoms with E-state index in [-0.39, 0.29) is 43.5 Å². The molecule has 2 aromatic heterocycles. The van der Waals surface area contributed by atoms with Gasteiger partial charge in [0.05, 0.1) is 30.5 Å². The zero-order chi connectivity index (χ0) is 26.3. The number of carbonyl (C=O) groups excluding carboxylic acids is 1. The smallest absolute Gasteiger partial charge is 0.416 e. The molecule has 2 aromatic rings. The van der Waals surface area contributed by atoms with Crippen molar-refractivity contribution in [3.05, 3.63) is 29.7 Å². The summed E-state index contributed by atoms with van der Waals surface area (Å²) in [5, 5.41) is 4.28. The number of hydrogen-bond donors (Lipinski definition) is 0. The Labute approximate surface area is 207 Å². The van der Waals surface area contributed by atoms with Crippen molar-refractivity contribution in [2.24, 2.45) is 0 Å². The molecule has 1 unspecified atom stereocenters. The van der Waals surface area contributed by atoms with E-state index in [9.17, 15) is 22.4 Å². The fraction of sp³-hybridized carbons (Fsp3) is 0.667. The molecular formula is C24H31F4N5O3. The minimum atomic E-state index is -3.09. The van der Waals surface area contributed by atoms with Gasteiger partial charge in [-0.15, -0.1) is 0 Å². The molecule has 8 nitrogen and oxygen atoms in total. The lowest BCUT2D eigenvalue weighted by Crippen LogP contribution is -2.47. The lowest BCUT2D eigenvalue weighted by molar-refractivity contribution is -0.113. The van der Waals surface area contributed by atoms with E-state index in [0.29, 0.717) is 5.69 Å². The van der Waals surface area contributed by atoms with E-state index in [1.165, 1.54) is 15.6 Å². The van der Waals surface area contributed by atoms with Gasteiger partial charge in [0.1, 0.15) is 11.4 Å². The molecule has 1 aliphatic carbocycles. The largest absolute Gasteiger partial charge is 0.443 e. The molecule has 12 heteroatoms. The van der Waals surface area contributed by atoms with Crippen LogP contribution in [0.5, 0.6) is 0 Å². The van der Waals surface area contributed by atoms with Gasteiger partial charge in [-0.25, -0.2) is 32.0 Å². The Morgan fingerprint density at radius 1 is 1.17 bits per heavy atom. The van der Waals surface area contributed by atoms with Crippen LogP contribution >= 0.6 is 0 Å². The molecule has 3 heterocycles. The molecule has 0 radical (unpaired) electrons. The highest BCUT2D eigenvalue weighted by Crippen LogP contribution is 2.41. The summed E-state index contributed by atoms with van der Waals surface area (Å²) >= 11 is 0. The summed E-state index contributed by atoms with van der Waals surface area (Å²) in [5.74, 6) is -7.32. The molecule has 4 rings (SSSR count). The highest BCUT2D eigenvalue weighted by molar-refractivity contribution is 5.87. The van der Waals surface area contributed by atoms with E-state index in [2.05, 4.69) is 15.1 Å². The molecule has 1 saturated heterocycles. The first-order chi connectivity index (χ1) is 16.7. The molecule has 36 heavy (non-hydrogen) atoms. The van der Waals surface area contributed by atoms with Gasteiger partial charge in [-0.2, -0.15) is 10.1 Å². The lowest BCUT2D eigenvalue weighted by atomic mass is 9.91. The van der Waals surface area contributed by atoms with Crippen LogP contribution < -0.4 is 4.90 Å². The molecule has 1 atom stereocenters. The molecule has 1 saturated carbocycles. The van der Waals surface area contributed by atoms with Crippen molar-refractivity contribution >= 4 is 11.9 Å². The zero-order valence-electron chi connectivity index (χ0n) is 20.8.